The maximum absolute atomic E-state index is 4.53. The van der Waals surface area contributed by atoms with E-state index in [0.717, 1.165) is 16.6 Å². The van der Waals surface area contributed by atoms with Crippen molar-refractivity contribution in [1.82, 2.24) is 4.98 Å². The summed E-state index contributed by atoms with van der Waals surface area (Å²) in [6.45, 7) is 6.69. The fraction of sp³-hybridized carbons (Fsp3) is 0.211. The molecule has 109 valence electrons. The maximum atomic E-state index is 4.53. The fourth-order valence-electron chi connectivity index (χ4n) is 2.41. The molecular weight excluding hydrogens is 434 g/mol. The number of benzene rings is 2. The third kappa shape index (κ3) is 3.23. The van der Waals surface area contributed by atoms with E-state index in [4.69, 9.17) is 0 Å². The van der Waals surface area contributed by atoms with Crippen molar-refractivity contribution in [2.24, 2.45) is 0 Å². The number of rotatable bonds is 1. The largest absolute Gasteiger partial charge is 0.266 e. The molecule has 1 nitrogen and oxygen atoms in total. The Morgan fingerprint density at radius 3 is 2.52 bits per heavy atom. The zero-order valence-electron chi connectivity index (χ0n) is 12.5. The third-order valence-corrected chi connectivity index (χ3v) is 3.59. The van der Waals surface area contributed by atoms with Gasteiger partial charge in [0.1, 0.15) is 0 Å². The van der Waals surface area contributed by atoms with Gasteiger partial charge in [0.25, 0.3) is 0 Å². The van der Waals surface area contributed by atoms with Crippen molar-refractivity contribution >= 4 is 10.9 Å². The summed E-state index contributed by atoms with van der Waals surface area (Å²) in [5.74, 6) is 0. The second kappa shape index (κ2) is 6.09. The van der Waals surface area contributed by atoms with Gasteiger partial charge in [0.05, 0.1) is 0 Å². The van der Waals surface area contributed by atoms with Crippen LogP contribution in [0.3, 0.4) is 0 Å². The van der Waals surface area contributed by atoms with E-state index < -0.39 is 0 Å². The van der Waals surface area contributed by atoms with Gasteiger partial charge in [0.15, 0.2) is 0 Å². The first kappa shape index (κ1) is 15.9. The van der Waals surface area contributed by atoms with Crippen LogP contribution in [0.5, 0.6) is 0 Å². The standard InChI is InChI=1S/C19H18N.Ir/c1-19(2,3)16-10-4-8-15(13-16)17-11-5-7-14-9-6-12-20-18(14)17;/h4-7,9-13H,1-3H3;/q-1;. The van der Waals surface area contributed by atoms with Crippen LogP contribution in [0.2, 0.25) is 0 Å². The number of aromatic nitrogens is 1. The van der Waals surface area contributed by atoms with Crippen LogP contribution in [0.4, 0.5) is 0 Å². The van der Waals surface area contributed by atoms with Crippen LogP contribution in [-0.4, -0.2) is 4.98 Å². The zero-order chi connectivity index (χ0) is 14.2. The molecule has 1 radical (unpaired) electrons. The van der Waals surface area contributed by atoms with E-state index in [9.17, 15) is 0 Å². The van der Waals surface area contributed by atoms with Gasteiger partial charge in [-0.1, -0.05) is 50.6 Å². The van der Waals surface area contributed by atoms with Gasteiger partial charge in [-0.25, -0.2) is 0 Å². The molecule has 3 rings (SSSR count). The summed E-state index contributed by atoms with van der Waals surface area (Å²) in [6.07, 6.45) is 1.85. The van der Waals surface area contributed by atoms with Crippen molar-refractivity contribution in [1.29, 1.82) is 0 Å². The monoisotopic (exact) mass is 453 g/mol. The van der Waals surface area contributed by atoms with Gasteiger partial charge in [-0.05, 0) is 16.9 Å². The summed E-state index contributed by atoms with van der Waals surface area (Å²) in [5, 5.41) is 1.17. The Balaban J connectivity index is 0.00000161. The topological polar surface area (TPSA) is 12.9 Å². The predicted octanol–water partition coefficient (Wildman–Crippen LogP) is 5.00. The summed E-state index contributed by atoms with van der Waals surface area (Å²) >= 11 is 0. The Morgan fingerprint density at radius 1 is 1.00 bits per heavy atom. The molecule has 0 saturated heterocycles. The van der Waals surface area contributed by atoms with E-state index in [1.54, 1.807) is 0 Å². The normalized spacial score (nSPS) is 11.2. The van der Waals surface area contributed by atoms with E-state index in [2.05, 4.69) is 68.2 Å². The smallest absolute Gasteiger partial charge is 0.0366 e. The van der Waals surface area contributed by atoms with Crippen LogP contribution in [0, 0.1) is 6.07 Å². The molecule has 0 N–H and O–H groups in total. The van der Waals surface area contributed by atoms with Crippen LogP contribution < -0.4 is 0 Å². The average molecular weight is 453 g/mol. The van der Waals surface area contributed by atoms with Crippen molar-refractivity contribution in [3.05, 3.63) is 66.4 Å². The second-order valence-corrected chi connectivity index (χ2v) is 6.12. The average Bonchev–Trinajstić information content (AvgIpc) is 2.46. The van der Waals surface area contributed by atoms with Gasteiger partial charge in [0.2, 0.25) is 0 Å². The molecule has 2 heteroatoms. The van der Waals surface area contributed by atoms with Gasteiger partial charge in [-0.15, -0.1) is 35.4 Å². The summed E-state index contributed by atoms with van der Waals surface area (Å²) in [5.41, 5.74) is 4.76. The molecule has 1 aromatic heterocycles. The Kier molecular flexibility index (Phi) is 4.61. The number of para-hydroxylation sites is 1. The number of pyridine rings is 1. The summed E-state index contributed by atoms with van der Waals surface area (Å²) < 4.78 is 0. The van der Waals surface area contributed by atoms with Gasteiger partial charge in [0, 0.05) is 31.8 Å². The SMILES string of the molecule is CC(C)(C)c1cc[c-]c(-c2cccc3cccnc23)c1.[Ir]. The second-order valence-electron chi connectivity index (χ2n) is 6.12. The number of fused-ring (bicyclic) bond motifs is 1. The van der Waals surface area contributed by atoms with Crippen molar-refractivity contribution in [2.45, 2.75) is 26.2 Å². The Hall–Kier alpha value is -1.50. The van der Waals surface area contributed by atoms with Crippen molar-refractivity contribution in [2.75, 3.05) is 0 Å². The van der Waals surface area contributed by atoms with Crippen LogP contribution in [0.25, 0.3) is 22.0 Å². The van der Waals surface area contributed by atoms with Gasteiger partial charge >= 0.3 is 0 Å². The molecule has 3 aromatic rings. The van der Waals surface area contributed by atoms with E-state index in [1.165, 1.54) is 10.9 Å². The number of hydrogen-bond donors (Lipinski definition) is 0. The number of hydrogen-bond acceptors (Lipinski definition) is 1. The summed E-state index contributed by atoms with van der Waals surface area (Å²) in [6, 6.07) is 20.1. The maximum Gasteiger partial charge on any atom is 0.0366 e. The molecule has 1 heterocycles. The molecule has 2 aromatic carbocycles. The van der Waals surface area contributed by atoms with Crippen LogP contribution in [-0.2, 0) is 25.5 Å². The summed E-state index contributed by atoms with van der Waals surface area (Å²) in [7, 11) is 0. The molecule has 0 saturated carbocycles. The van der Waals surface area contributed by atoms with Gasteiger partial charge < -0.3 is 0 Å². The molecule has 0 amide bonds. The molecule has 0 bridgehead atoms. The van der Waals surface area contributed by atoms with E-state index >= 15 is 0 Å². The van der Waals surface area contributed by atoms with E-state index in [-0.39, 0.29) is 25.5 Å². The first-order valence-electron chi connectivity index (χ1n) is 6.92. The third-order valence-electron chi connectivity index (χ3n) is 3.59. The molecule has 0 atom stereocenters. The Morgan fingerprint density at radius 2 is 1.76 bits per heavy atom. The molecule has 0 fully saturated rings. The molecule has 0 aliphatic carbocycles. The molecule has 0 aliphatic heterocycles. The predicted molar refractivity (Wildman–Crippen MR) is 84.7 cm³/mol. The minimum absolute atomic E-state index is 0. The number of nitrogens with zero attached hydrogens (tertiary/aromatic N) is 1. The fourth-order valence-corrected chi connectivity index (χ4v) is 2.41. The van der Waals surface area contributed by atoms with E-state index in [1.807, 2.05) is 18.3 Å². The van der Waals surface area contributed by atoms with Crippen molar-refractivity contribution in [3.63, 3.8) is 0 Å². The van der Waals surface area contributed by atoms with Crippen molar-refractivity contribution < 1.29 is 20.1 Å². The Labute approximate surface area is 139 Å². The minimum atomic E-state index is 0. The van der Waals surface area contributed by atoms with Gasteiger partial charge in [-0.3, -0.25) is 4.98 Å². The Bertz CT molecular complexity index is 751. The molecule has 0 aliphatic rings. The van der Waals surface area contributed by atoms with Crippen molar-refractivity contribution in [3.8, 4) is 11.1 Å². The quantitative estimate of drug-likeness (QED) is 0.474. The van der Waals surface area contributed by atoms with Crippen LogP contribution in [0.1, 0.15) is 26.3 Å². The van der Waals surface area contributed by atoms with Gasteiger partial charge in [-0.2, -0.15) is 0 Å². The first-order chi connectivity index (χ1) is 9.55. The first-order valence-corrected chi connectivity index (χ1v) is 6.92. The summed E-state index contributed by atoms with van der Waals surface area (Å²) in [4.78, 5) is 4.53. The minimum Gasteiger partial charge on any atom is -0.266 e. The van der Waals surface area contributed by atoms with Crippen LogP contribution >= 0.6 is 0 Å². The molecule has 21 heavy (non-hydrogen) atoms. The zero-order valence-corrected chi connectivity index (χ0v) is 14.9. The molecule has 0 unspecified atom stereocenters. The van der Waals surface area contributed by atoms with Crippen LogP contribution in [0.15, 0.2) is 54.7 Å². The van der Waals surface area contributed by atoms with E-state index in [0.29, 0.717) is 0 Å². The molecule has 0 spiro atoms. The molecular formula is C19H18IrN-.